The van der Waals surface area contributed by atoms with Crippen LogP contribution in [0, 0.1) is 5.82 Å². The Morgan fingerprint density at radius 2 is 1.92 bits per heavy atom. The van der Waals surface area contributed by atoms with Crippen LogP contribution in [0.3, 0.4) is 0 Å². The first-order valence-electron chi connectivity index (χ1n) is 8.06. The van der Waals surface area contributed by atoms with Crippen LogP contribution in [0.1, 0.15) is 17.4 Å². The lowest BCUT2D eigenvalue weighted by molar-refractivity contribution is 0.0691. The molecule has 0 aliphatic rings. The molecule has 0 spiro atoms. The van der Waals surface area contributed by atoms with Crippen LogP contribution < -0.4 is 5.56 Å². The van der Waals surface area contributed by atoms with Crippen molar-refractivity contribution in [2.45, 2.75) is 13.5 Å². The van der Waals surface area contributed by atoms with Crippen molar-refractivity contribution < 1.29 is 14.3 Å². The van der Waals surface area contributed by atoms with E-state index in [4.69, 9.17) is 0 Å². The predicted octanol–water partition coefficient (Wildman–Crippen LogP) is 3.20. The highest BCUT2D eigenvalue weighted by Crippen LogP contribution is 2.30. The number of halogens is 1. The Morgan fingerprint density at radius 3 is 2.58 bits per heavy atom. The van der Waals surface area contributed by atoms with Crippen LogP contribution in [0.15, 0.2) is 53.3 Å². The Hall–Kier alpha value is -3.48. The van der Waals surface area contributed by atoms with Gasteiger partial charge in [0.15, 0.2) is 5.69 Å². The molecule has 2 aromatic heterocycles. The topological polar surface area (TPSA) is 77.1 Å². The summed E-state index contributed by atoms with van der Waals surface area (Å²) in [5.41, 5.74) is 0.516. The first-order valence-corrected chi connectivity index (χ1v) is 8.06. The maximum Gasteiger partial charge on any atom is 0.357 e. The van der Waals surface area contributed by atoms with Gasteiger partial charge in [0.2, 0.25) is 0 Å². The summed E-state index contributed by atoms with van der Waals surface area (Å²) in [6.07, 6.45) is 0. The third-order valence-electron chi connectivity index (χ3n) is 4.38. The molecular weight excluding hydrogens is 337 g/mol. The smallest absolute Gasteiger partial charge is 0.357 e. The largest absolute Gasteiger partial charge is 0.476 e. The minimum absolute atomic E-state index is 0.158. The van der Waals surface area contributed by atoms with E-state index < -0.39 is 17.3 Å². The van der Waals surface area contributed by atoms with Gasteiger partial charge in [0, 0.05) is 22.8 Å². The molecule has 0 fully saturated rings. The fourth-order valence-corrected chi connectivity index (χ4v) is 3.31. The highest BCUT2D eigenvalue weighted by atomic mass is 19.1. The number of hydrogen-bond donors (Lipinski definition) is 1. The summed E-state index contributed by atoms with van der Waals surface area (Å²) in [5.74, 6) is -1.78. The second-order valence-electron chi connectivity index (χ2n) is 5.84. The predicted molar refractivity (Wildman–Crippen MR) is 95.4 cm³/mol. The van der Waals surface area contributed by atoms with Gasteiger partial charge in [-0.15, -0.1) is 0 Å². The molecule has 0 saturated heterocycles. The number of benzene rings is 2. The summed E-state index contributed by atoms with van der Waals surface area (Å²) < 4.78 is 16.6. The molecule has 0 atom stereocenters. The van der Waals surface area contributed by atoms with Crippen molar-refractivity contribution in [1.82, 2.24) is 14.3 Å². The Kier molecular flexibility index (Phi) is 3.57. The quantitative estimate of drug-likeness (QED) is 0.615. The number of aryl methyl sites for hydroxylation is 1. The number of carboxylic acids is 1. The summed E-state index contributed by atoms with van der Waals surface area (Å²) in [6, 6.07) is 12.7. The molecule has 2 aromatic carbocycles. The standard InChI is InChI=1S/C19H14FN3O3/c1-2-22-14-9-8-11(20)10-13(14)15-16(19(25)26)21-23(18(24)17(15)22)12-6-4-3-5-7-12/h3-10H,2H2,1H3,(H,25,26). The van der Waals surface area contributed by atoms with Crippen LogP contribution in [0.2, 0.25) is 0 Å². The third-order valence-corrected chi connectivity index (χ3v) is 4.38. The van der Waals surface area contributed by atoms with Crippen LogP contribution in [-0.2, 0) is 6.54 Å². The van der Waals surface area contributed by atoms with Gasteiger partial charge in [0.25, 0.3) is 5.56 Å². The van der Waals surface area contributed by atoms with Gasteiger partial charge in [0.1, 0.15) is 11.3 Å². The maximum absolute atomic E-state index is 13.8. The number of hydrogen-bond acceptors (Lipinski definition) is 3. The Morgan fingerprint density at radius 1 is 1.19 bits per heavy atom. The second kappa shape index (κ2) is 5.80. The number of rotatable bonds is 3. The molecule has 7 heteroatoms. The average Bonchev–Trinajstić information content (AvgIpc) is 2.96. The van der Waals surface area contributed by atoms with E-state index >= 15 is 0 Å². The Labute approximate surface area is 146 Å². The first-order chi connectivity index (χ1) is 12.5. The normalized spacial score (nSPS) is 11.3. The molecule has 0 bridgehead atoms. The summed E-state index contributed by atoms with van der Waals surface area (Å²) in [4.78, 5) is 25.0. The number of para-hydroxylation sites is 1. The Bertz CT molecular complexity index is 1230. The lowest BCUT2D eigenvalue weighted by Crippen LogP contribution is -2.25. The molecule has 4 aromatic rings. The fourth-order valence-electron chi connectivity index (χ4n) is 3.31. The van der Waals surface area contributed by atoms with Gasteiger partial charge in [-0.25, -0.2) is 9.18 Å². The zero-order valence-electron chi connectivity index (χ0n) is 13.8. The van der Waals surface area contributed by atoms with E-state index in [0.717, 1.165) is 4.68 Å². The van der Waals surface area contributed by atoms with Crippen molar-refractivity contribution in [1.29, 1.82) is 0 Å². The molecule has 0 unspecified atom stereocenters. The highest BCUT2D eigenvalue weighted by molar-refractivity contribution is 6.15. The number of aromatic carboxylic acids is 1. The molecule has 0 saturated carbocycles. The minimum Gasteiger partial charge on any atom is -0.476 e. The van der Waals surface area contributed by atoms with Crippen molar-refractivity contribution in [3.63, 3.8) is 0 Å². The van der Waals surface area contributed by atoms with Crippen LogP contribution in [-0.4, -0.2) is 25.4 Å². The first kappa shape index (κ1) is 16.0. The molecular formula is C19H14FN3O3. The van der Waals surface area contributed by atoms with Gasteiger partial charge in [-0.05, 0) is 37.3 Å². The number of fused-ring (bicyclic) bond motifs is 3. The van der Waals surface area contributed by atoms with E-state index in [1.165, 1.54) is 12.1 Å². The SMILES string of the molecule is CCn1c2ccc(F)cc2c2c(C(=O)O)nn(-c3ccccc3)c(=O)c21. The van der Waals surface area contributed by atoms with E-state index in [1.54, 1.807) is 41.0 Å². The van der Waals surface area contributed by atoms with Crippen molar-refractivity contribution in [3.8, 4) is 5.69 Å². The molecule has 4 rings (SSSR count). The molecule has 1 N–H and O–H groups in total. The fraction of sp³-hybridized carbons (Fsp3) is 0.105. The average molecular weight is 351 g/mol. The number of aromatic nitrogens is 3. The van der Waals surface area contributed by atoms with E-state index in [0.29, 0.717) is 23.1 Å². The number of nitrogens with zero attached hydrogens (tertiary/aromatic N) is 3. The van der Waals surface area contributed by atoms with Crippen LogP contribution in [0.4, 0.5) is 4.39 Å². The van der Waals surface area contributed by atoms with Gasteiger partial charge in [-0.2, -0.15) is 9.78 Å². The third kappa shape index (κ3) is 2.21. The van der Waals surface area contributed by atoms with E-state index in [9.17, 15) is 19.1 Å². The summed E-state index contributed by atoms with van der Waals surface area (Å²) in [7, 11) is 0. The van der Waals surface area contributed by atoms with Crippen LogP contribution in [0.25, 0.3) is 27.5 Å². The lowest BCUT2D eigenvalue weighted by atomic mass is 10.1. The van der Waals surface area contributed by atoms with Crippen molar-refractivity contribution in [3.05, 3.63) is 70.4 Å². The molecule has 2 heterocycles. The molecule has 0 amide bonds. The molecule has 26 heavy (non-hydrogen) atoms. The number of carboxylic acid groups (broad SMARTS) is 1. The van der Waals surface area contributed by atoms with E-state index in [1.807, 2.05) is 6.92 Å². The number of carbonyl (C=O) groups is 1. The van der Waals surface area contributed by atoms with Gasteiger partial charge < -0.3 is 9.67 Å². The van der Waals surface area contributed by atoms with E-state index in [2.05, 4.69) is 5.10 Å². The van der Waals surface area contributed by atoms with Crippen molar-refractivity contribution >= 4 is 27.8 Å². The molecule has 0 aliphatic carbocycles. The van der Waals surface area contributed by atoms with Gasteiger partial charge in [0.05, 0.1) is 5.69 Å². The minimum atomic E-state index is -1.28. The zero-order valence-corrected chi connectivity index (χ0v) is 13.8. The molecule has 6 nitrogen and oxygen atoms in total. The summed E-state index contributed by atoms with van der Waals surface area (Å²) in [6.45, 7) is 2.27. The summed E-state index contributed by atoms with van der Waals surface area (Å²) in [5, 5.41) is 14.3. The van der Waals surface area contributed by atoms with Crippen molar-refractivity contribution in [2.24, 2.45) is 0 Å². The molecule has 0 radical (unpaired) electrons. The van der Waals surface area contributed by atoms with Gasteiger partial charge >= 0.3 is 5.97 Å². The zero-order chi connectivity index (χ0) is 18.4. The summed E-state index contributed by atoms with van der Waals surface area (Å²) >= 11 is 0. The van der Waals surface area contributed by atoms with Crippen molar-refractivity contribution in [2.75, 3.05) is 0 Å². The van der Waals surface area contributed by atoms with Gasteiger partial charge in [-0.3, -0.25) is 4.79 Å². The van der Waals surface area contributed by atoms with E-state index in [-0.39, 0.29) is 16.6 Å². The lowest BCUT2D eigenvalue weighted by Gasteiger charge is -2.08. The maximum atomic E-state index is 13.8. The molecule has 130 valence electrons. The van der Waals surface area contributed by atoms with Crippen LogP contribution in [0.5, 0.6) is 0 Å². The van der Waals surface area contributed by atoms with Gasteiger partial charge in [-0.1, -0.05) is 18.2 Å². The Balaban J connectivity index is 2.27. The monoisotopic (exact) mass is 351 g/mol. The second-order valence-corrected chi connectivity index (χ2v) is 5.84. The van der Waals surface area contributed by atoms with Crippen LogP contribution >= 0.6 is 0 Å². The molecule has 0 aliphatic heterocycles. The highest BCUT2D eigenvalue weighted by Gasteiger charge is 2.24.